The summed E-state index contributed by atoms with van der Waals surface area (Å²) in [6, 6.07) is 18.0. The SMILES string of the molecule is CC[C@@H](C(=O)NCC(C)C)N(Cc1ccccc1)C(=O)CCc1ccc(C(C)(C)C)cc1. The van der Waals surface area contributed by atoms with Crippen molar-refractivity contribution >= 4 is 11.8 Å². The summed E-state index contributed by atoms with van der Waals surface area (Å²) in [7, 11) is 0. The Balaban J connectivity index is 2.14. The Bertz CT molecular complexity index is 851. The lowest BCUT2D eigenvalue weighted by Crippen LogP contribution is -2.49. The Morgan fingerprint density at radius 1 is 0.938 bits per heavy atom. The molecule has 0 aliphatic heterocycles. The minimum atomic E-state index is -0.468. The third kappa shape index (κ3) is 7.81. The number of amides is 2. The number of rotatable bonds is 10. The first-order valence-corrected chi connectivity index (χ1v) is 11.8. The molecule has 0 unspecified atom stereocenters. The summed E-state index contributed by atoms with van der Waals surface area (Å²) in [6.07, 6.45) is 1.64. The van der Waals surface area contributed by atoms with Crippen LogP contribution in [-0.2, 0) is 28.0 Å². The van der Waals surface area contributed by atoms with Gasteiger partial charge in [-0.2, -0.15) is 0 Å². The van der Waals surface area contributed by atoms with E-state index in [1.165, 1.54) is 5.56 Å². The lowest BCUT2D eigenvalue weighted by molar-refractivity contribution is -0.141. The van der Waals surface area contributed by atoms with Gasteiger partial charge in [0.25, 0.3) is 0 Å². The Morgan fingerprint density at radius 2 is 1.56 bits per heavy atom. The van der Waals surface area contributed by atoms with E-state index in [-0.39, 0.29) is 17.2 Å². The molecule has 2 aromatic rings. The normalized spacial score (nSPS) is 12.5. The molecule has 0 spiro atoms. The van der Waals surface area contributed by atoms with E-state index in [1.807, 2.05) is 37.3 Å². The fourth-order valence-corrected chi connectivity index (χ4v) is 3.69. The highest BCUT2D eigenvalue weighted by Crippen LogP contribution is 2.23. The summed E-state index contributed by atoms with van der Waals surface area (Å²) in [5.74, 6) is 0.311. The number of aryl methyl sites for hydroxylation is 1. The molecule has 1 atom stereocenters. The second-order valence-corrected chi connectivity index (χ2v) is 10.0. The van der Waals surface area contributed by atoms with E-state index in [9.17, 15) is 9.59 Å². The fraction of sp³-hybridized carbons (Fsp3) is 0.500. The summed E-state index contributed by atoms with van der Waals surface area (Å²) >= 11 is 0. The highest BCUT2D eigenvalue weighted by Gasteiger charge is 2.28. The maximum absolute atomic E-state index is 13.3. The molecule has 0 aliphatic carbocycles. The Morgan fingerprint density at radius 3 is 2.09 bits per heavy atom. The van der Waals surface area contributed by atoms with Crippen molar-refractivity contribution in [2.75, 3.05) is 6.54 Å². The van der Waals surface area contributed by atoms with Gasteiger partial charge in [0, 0.05) is 19.5 Å². The van der Waals surface area contributed by atoms with E-state index < -0.39 is 6.04 Å². The molecule has 4 heteroatoms. The van der Waals surface area contributed by atoms with Gasteiger partial charge in [0.05, 0.1) is 0 Å². The van der Waals surface area contributed by atoms with Crippen LogP contribution < -0.4 is 5.32 Å². The molecule has 2 aromatic carbocycles. The van der Waals surface area contributed by atoms with E-state index in [2.05, 4.69) is 64.2 Å². The maximum atomic E-state index is 13.3. The molecule has 0 aliphatic rings. The monoisotopic (exact) mass is 436 g/mol. The van der Waals surface area contributed by atoms with Gasteiger partial charge in [0.1, 0.15) is 6.04 Å². The van der Waals surface area contributed by atoms with Gasteiger partial charge in [-0.1, -0.05) is 96.1 Å². The minimum absolute atomic E-state index is 0.0142. The molecule has 174 valence electrons. The third-order valence-electron chi connectivity index (χ3n) is 5.71. The van der Waals surface area contributed by atoms with Crippen LogP contribution in [0.15, 0.2) is 54.6 Å². The predicted octanol–water partition coefficient (Wildman–Crippen LogP) is 5.50. The number of carbonyl (C=O) groups excluding carboxylic acids is 2. The molecule has 32 heavy (non-hydrogen) atoms. The van der Waals surface area contributed by atoms with Crippen molar-refractivity contribution in [3.05, 3.63) is 71.3 Å². The topological polar surface area (TPSA) is 49.4 Å². The van der Waals surface area contributed by atoms with Crippen LogP contribution in [0.5, 0.6) is 0 Å². The van der Waals surface area contributed by atoms with Gasteiger partial charge in [-0.3, -0.25) is 9.59 Å². The first kappa shape index (κ1) is 25.6. The lowest BCUT2D eigenvalue weighted by Gasteiger charge is -2.31. The molecule has 0 bridgehead atoms. The standard InChI is InChI=1S/C28H40N2O2/c1-7-25(27(32)29-19-21(2)3)30(20-23-11-9-8-10-12-23)26(31)18-15-22-13-16-24(17-14-22)28(4,5)6/h8-14,16-17,21,25H,7,15,18-20H2,1-6H3,(H,29,32)/t25-/m0/s1. The van der Waals surface area contributed by atoms with Crippen LogP contribution in [0.1, 0.15) is 71.1 Å². The van der Waals surface area contributed by atoms with E-state index in [0.717, 1.165) is 11.1 Å². The molecule has 0 saturated carbocycles. The van der Waals surface area contributed by atoms with Crippen LogP contribution in [0.2, 0.25) is 0 Å². The predicted molar refractivity (Wildman–Crippen MR) is 132 cm³/mol. The van der Waals surface area contributed by atoms with Crippen molar-refractivity contribution in [1.29, 1.82) is 0 Å². The van der Waals surface area contributed by atoms with Gasteiger partial charge in [0.2, 0.25) is 11.8 Å². The number of hydrogen-bond donors (Lipinski definition) is 1. The molecule has 0 fully saturated rings. The van der Waals surface area contributed by atoms with Gasteiger partial charge in [-0.05, 0) is 40.9 Å². The van der Waals surface area contributed by atoms with Gasteiger partial charge in [-0.25, -0.2) is 0 Å². The molecule has 4 nitrogen and oxygen atoms in total. The fourth-order valence-electron chi connectivity index (χ4n) is 3.69. The van der Waals surface area contributed by atoms with Crippen molar-refractivity contribution in [2.24, 2.45) is 5.92 Å². The second-order valence-electron chi connectivity index (χ2n) is 10.0. The van der Waals surface area contributed by atoms with Gasteiger partial charge < -0.3 is 10.2 Å². The van der Waals surface area contributed by atoms with E-state index >= 15 is 0 Å². The van der Waals surface area contributed by atoms with Gasteiger partial charge in [-0.15, -0.1) is 0 Å². The summed E-state index contributed by atoms with van der Waals surface area (Å²) in [5.41, 5.74) is 3.57. The number of hydrogen-bond acceptors (Lipinski definition) is 2. The molecule has 1 N–H and O–H groups in total. The molecule has 2 amide bonds. The molecule has 0 radical (unpaired) electrons. The zero-order chi connectivity index (χ0) is 23.7. The molecule has 0 saturated heterocycles. The number of nitrogens with one attached hydrogen (secondary N) is 1. The van der Waals surface area contributed by atoms with Crippen LogP contribution in [0.4, 0.5) is 0 Å². The second kappa shape index (κ2) is 11.8. The smallest absolute Gasteiger partial charge is 0.242 e. The van der Waals surface area contributed by atoms with Crippen LogP contribution in [0.3, 0.4) is 0 Å². The van der Waals surface area contributed by atoms with Crippen molar-refractivity contribution < 1.29 is 9.59 Å². The summed E-state index contributed by atoms with van der Waals surface area (Å²) in [5, 5.41) is 3.02. The summed E-state index contributed by atoms with van der Waals surface area (Å²) in [6.45, 7) is 13.7. The highest BCUT2D eigenvalue weighted by atomic mass is 16.2. The average Bonchev–Trinajstić information content (AvgIpc) is 2.76. The van der Waals surface area contributed by atoms with Gasteiger partial charge >= 0.3 is 0 Å². The Hall–Kier alpha value is -2.62. The number of nitrogens with zero attached hydrogens (tertiary/aromatic N) is 1. The van der Waals surface area contributed by atoms with Crippen molar-refractivity contribution in [2.45, 2.75) is 78.8 Å². The van der Waals surface area contributed by atoms with E-state index in [1.54, 1.807) is 4.90 Å². The number of benzene rings is 2. The van der Waals surface area contributed by atoms with Crippen molar-refractivity contribution in [1.82, 2.24) is 10.2 Å². The van der Waals surface area contributed by atoms with E-state index in [4.69, 9.17) is 0 Å². The zero-order valence-electron chi connectivity index (χ0n) is 20.7. The van der Waals surface area contributed by atoms with Crippen molar-refractivity contribution in [3.63, 3.8) is 0 Å². The van der Waals surface area contributed by atoms with Crippen LogP contribution in [0, 0.1) is 5.92 Å². The molecule has 2 rings (SSSR count). The molecular formula is C28H40N2O2. The number of carbonyl (C=O) groups is 2. The summed E-state index contributed by atoms with van der Waals surface area (Å²) in [4.78, 5) is 28.0. The lowest BCUT2D eigenvalue weighted by atomic mass is 9.86. The first-order chi connectivity index (χ1) is 15.1. The molecule has 0 heterocycles. The van der Waals surface area contributed by atoms with Crippen molar-refractivity contribution in [3.8, 4) is 0 Å². The molecular weight excluding hydrogens is 396 g/mol. The maximum Gasteiger partial charge on any atom is 0.242 e. The van der Waals surface area contributed by atoms with E-state index in [0.29, 0.717) is 38.3 Å². The Labute approximate surface area is 194 Å². The largest absolute Gasteiger partial charge is 0.354 e. The van der Waals surface area contributed by atoms with Crippen LogP contribution in [-0.4, -0.2) is 29.3 Å². The van der Waals surface area contributed by atoms with Gasteiger partial charge in [0.15, 0.2) is 0 Å². The molecule has 0 aromatic heterocycles. The minimum Gasteiger partial charge on any atom is -0.354 e. The quantitative estimate of drug-likeness (QED) is 0.535. The third-order valence-corrected chi connectivity index (χ3v) is 5.71. The van der Waals surface area contributed by atoms with Crippen LogP contribution in [0.25, 0.3) is 0 Å². The zero-order valence-corrected chi connectivity index (χ0v) is 20.7. The highest BCUT2D eigenvalue weighted by molar-refractivity contribution is 5.87. The van der Waals surface area contributed by atoms with Crippen LogP contribution >= 0.6 is 0 Å². The summed E-state index contributed by atoms with van der Waals surface area (Å²) < 4.78 is 0. The Kier molecular flexibility index (Phi) is 9.49. The average molecular weight is 437 g/mol. The first-order valence-electron chi connectivity index (χ1n) is 11.8.